The third-order valence-electron chi connectivity index (χ3n) is 2.48. The number of hydrogen-bond acceptors (Lipinski definition) is 2. The van der Waals surface area contributed by atoms with Crippen LogP contribution in [0.4, 0.5) is 10.1 Å². The van der Waals surface area contributed by atoms with E-state index in [1.54, 1.807) is 0 Å². The van der Waals surface area contributed by atoms with Crippen LogP contribution in [0.15, 0.2) is 22.7 Å². The Bertz CT molecular complexity index is 409. The van der Waals surface area contributed by atoms with E-state index in [4.69, 9.17) is 5.73 Å². The number of benzene rings is 1. The molecule has 17 heavy (non-hydrogen) atoms. The summed E-state index contributed by atoms with van der Waals surface area (Å²) in [7, 11) is 0. The summed E-state index contributed by atoms with van der Waals surface area (Å²) in [6.07, 6.45) is 0.257. The van der Waals surface area contributed by atoms with Gasteiger partial charge in [0.25, 0.3) is 0 Å². The zero-order chi connectivity index (χ0) is 13.0. The zero-order valence-corrected chi connectivity index (χ0v) is 11.4. The van der Waals surface area contributed by atoms with Crippen LogP contribution in [0.2, 0.25) is 0 Å². The average Bonchev–Trinajstić information content (AvgIpc) is 2.23. The number of rotatable bonds is 4. The summed E-state index contributed by atoms with van der Waals surface area (Å²) in [5.41, 5.74) is 6.35. The first-order valence-electron chi connectivity index (χ1n) is 5.40. The molecule has 94 valence electrons. The Hall–Kier alpha value is -0.940. The maximum Gasteiger partial charge on any atom is 0.225 e. The van der Waals surface area contributed by atoms with Gasteiger partial charge in [0.2, 0.25) is 5.91 Å². The molecule has 5 heteroatoms. The molecule has 0 aliphatic heterocycles. The predicted octanol–water partition coefficient (Wildman–Crippen LogP) is 2.90. The quantitative estimate of drug-likeness (QED) is 0.898. The number of carbonyl (C=O) groups excluding carboxylic acids is 1. The number of hydrogen-bond donors (Lipinski definition) is 2. The Morgan fingerprint density at radius 1 is 1.53 bits per heavy atom. The average molecular weight is 303 g/mol. The minimum atomic E-state index is -0.359. The third-order valence-corrected chi connectivity index (χ3v) is 3.09. The topological polar surface area (TPSA) is 55.1 Å². The van der Waals surface area contributed by atoms with Crippen molar-refractivity contribution < 1.29 is 9.18 Å². The van der Waals surface area contributed by atoms with Crippen LogP contribution in [0.3, 0.4) is 0 Å². The molecule has 0 spiro atoms. The summed E-state index contributed by atoms with van der Waals surface area (Å²) in [4.78, 5) is 11.6. The van der Waals surface area contributed by atoms with Crippen LogP contribution in [-0.2, 0) is 4.79 Å². The number of nitrogens with one attached hydrogen (secondary N) is 1. The molecule has 1 rings (SSSR count). The van der Waals surface area contributed by atoms with Gasteiger partial charge in [-0.15, -0.1) is 0 Å². The Labute approximate surface area is 109 Å². The highest BCUT2D eigenvalue weighted by molar-refractivity contribution is 9.10. The van der Waals surface area contributed by atoms with Gasteiger partial charge in [0.1, 0.15) is 5.82 Å². The van der Waals surface area contributed by atoms with E-state index in [9.17, 15) is 9.18 Å². The molecule has 3 N–H and O–H groups in total. The van der Waals surface area contributed by atoms with Gasteiger partial charge < -0.3 is 11.1 Å². The molecule has 0 aliphatic carbocycles. The molecule has 0 heterocycles. The maximum atomic E-state index is 13.0. The van der Waals surface area contributed by atoms with Gasteiger partial charge in [0, 0.05) is 18.2 Å². The smallest absolute Gasteiger partial charge is 0.225 e. The first-order chi connectivity index (χ1) is 7.90. The van der Waals surface area contributed by atoms with E-state index in [1.165, 1.54) is 18.2 Å². The van der Waals surface area contributed by atoms with Crippen molar-refractivity contribution in [2.45, 2.75) is 26.3 Å². The molecular weight excluding hydrogens is 287 g/mol. The molecule has 0 saturated carbocycles. The van der Waals surface area contributed by atoms with E-state index in [1.807, 2.05) is 13.8 Å². The summed E-state index contributed by atoms with van der Waals surface area (Å²) in [5, 5.41) is 2.68. The number of nitrogens with two attached hydrogens (primary N) is 1. The lowest BCUT2D eigenvalue weighted by molar-refractivity contribution is -0.116. The van der Waals surface area contributed by atoms with Gasteiger partial charge >= 0.3 is 0 Å². The highest BCUT2D eigenvalue weighted by Crippen LogP contribution is 2.20. The van der Waals surface area contributed by atoms with Crippen LogP contribution in [-0.4, -0.2) is 11.9 Å². The molecule has 1 amide bonds. The highest BCUT2D eigenvalue weighted by atomic mass is 79.9. The van der Waals surface area contributed by atoms with Crippen LogP contribution >= 0.6 is 15.9 Å². The van der Waals surface area contributed by atoms with Crippen molar-refractivity contribution in [3.8, 4) is 0 Å². The molecule has 3 nitrogen and oxygen atoms in total. The van der Waals surface area contributed by atoms with Crippen molar-refractivity contribution in [1.29, 1.82) is 0 Å². The standard InChI is InChI=1S/C12H16BrFN2O/c1-7(2)11(15)6-12(17)16-8-3-4-10(14)9(13)5-8/h3-5,7,11H,6,15H2,1-2H3,(H,16,17). The Balaban J connectivity index is 2.59. The molecule has 0 radical (unpaired) electrons. The SMILES string of the molecule is CC(C)C(N)CC(=O)Nc1ccc(F)c(Br)c1. The van der Waals surface area contributed by atoms with E-state index in [0.29, 0.717) is 10.2 Å². The van der Waals surface area contributed by atoms with Crippen LogP contribution in [0.25, 0.3) is 0 Å². The van der Waals surface area contributed by atoms with Crippen LogP contribution in [0.1, 0.15) is 20.3 Å². The predicted molar refractivity (Wildman–Crippen MR) is 70.2 cm³/mol. The van der Waals surface area contributed by atoms with Crippen LogP contribution < -0.4 is 11.1 Å². The summed E-state index contributed by atoms with van der Waals surface area (Å²) >= 11 is 3.06. The molecule has 1 unspecified atom stereocenters. The number of amides is 1. The zero-order valence-electron chi connectivity index (χ0n) is 9.84. The first-order valence-corrected chi connectivity index (χ1v) is 6.20. The van der Waals surface area contributed by atoms with Crippen molar-refractivity contribution in [3.63, 3.8) is 0 Å². The lowest BCUT2D eigenvalue weighted by Crippen LogP contribution is -2.31. The minimum Gasteiger partial charge on any atom is -0.327 e. The van der Waals surface area contributed by atoms with Crippen LogP contribution in [0, 0.1) is 11.7 Å². The summed E-state index contributed by atoms with van der Waals surface area (Å²) in [6, 6.07) is 4.16. The van der Waals surface area contributed by atoms with Gasteiger partial charge in [-0.3, -0.25) is 4.79 Å². The van der Waals surface area contributed by atoms with Gasteiger partial charge in [-0.1, -0.05) is 13.8 Å². The molecule has 1 aromatic rings. The molecule has 0 aliphatic rings. The van der Waals surface area contributed by atoms with E-state index in [0.717, 1.165) is 0 Å². The second kappa shape index (κ2) is 6.12. The van der Waals surface area contributed by atoms with Crippen molar-refractivity contribution in [2.75, 3.05) is 5.32 Å². The number of anilines is 1. The Kier molecular flexibility index (Phi) is 5.08. The fraction of sp³-hybridized carbons (Fsp3) is 0.417. The van der Waals surface area contributed by atoms with Crippen molar-refractivity contribution in [3.05, 3.63) is 28.5 Å². The Morgan fingerprint density at radius 3 is 2.71 bits per heavy atom. The molecule has 1 aromatic carbocycles. The summed E-state index contributed by atoms with van der Waals surface area (Å²) in [5.74, 6) is -0.271. The molecule has 0 bridgehead atoms. The number of halogens is 2. The summed E-state index contributed by atoms with van der Waals surface area (Å²) in [6.45, 7) is 3.93. The lowest BCUT2D eigenvalue weighted by Gasteiger charge is -2.15. The lowest BCUT2D eigenvalue weighted by atomic mass is 10.0. The molecule has 1 atom stereocenters. The molecular formula is C12H16BrFN2O. The normalized spacial score (nSPS) is 12.6. The van der Waals surface area contributed by atoms with Gasteiger partial charge in [0.05, 0.1) is 4.47 Å². The molecule has 0 aromatic heterocycles. The van der Waals surface area contributed by atoms with Gasteiger partial charge in [0.15, 0.2) is 0 Å². The summed E-state index contributed by atoms with van der Waals surface area (Å²) < 4.78 is 13.3. The fourth-order valence-electron chi connectivity index (χ4n) is 1.24. The van der Waals surface area contributed by atoms with Crippen molar-refractivity contribution in [2.24, 2.45) is 11.7 Å². The van der Waals surface area contributed by atoms with Gasteiger partial charge in [-0.25, -0.2) is 4.39 Å². The van der Waals surface area contributed by atoms with E-state index in [-0.39, 0.29) is 30.1 Å². The van der Waals surface area contributed by atoms with Crippen molar-refractivity contribution >= 4 is 27.5 Å². The molecule has 0 fully saturated rings. The largest absolute Gasteiger partial charge is 0.327 e. The second-order valence-corrected chi connectivity index (χ2v) is 5.14. The third kappa shape index (κ3) is 4.44. The second-order valence-electron chi connectivity index (χ2n) is 4.29. The maximum absolute atomic E-state index is 13.0. The van der Waals surface area contributed by atoms with Gasteiger partial charge in [-0.2, -0.15) is 0 Å². The number of carbonyl (C=O) groups is 1. The van der Waals surface area contributed by atoms with E-state index >= 15 is 0 Å². The highest BCUT2D eigenvalue weighted by Gasteiger charge is 2.13. The van der Waals surface area contributed by atoms with Crippen LogP contribution in [0.5, 0.6) is 0 Å². The minimum absolute atomic E-state index is 0.162. The van der Waals surface area contributed by atoms with E-state index < -0.39 is 0 Å². The molecule has 0 saturated heterocycles. The first kappa shape index (κ1) is 14.1. The van der Waals surface area contributed by atoms with Gasteiger partial charge in [-0.05, 0) is 40.0 Å². The van der Waals surface area contributed by atoms with E-state index in [2.05, 4.69) is 21.2 Å². The fourth-order valence-corrected chi connectivity index (χ4v) is 1.61. The van der Waals surface area contributed by atoms with Crippen molar-refractivity contribution in [1.82, 2.24) is 0 Å². The monoisotopic (exact) mass is 302 g/mol. The Morgan fingerprint density at radius 2 is 2.18 bits per heavy atom.